The summed E-state index contributed by atoms with van der Waals surface area (Å²) < 4.78 is 0.808. The zero-order valence-corrected chi connectivity index (χ0v) is 22.7. The van der Waals surface area contributed by atoms with E-state index < -0.39 is 0 Å². The molecule has 0 saturated heterocycles. The van der Waals surface area contributed by atoms with Gasteiger partial charge in [0.25, 0.3) is 0 Å². The van der Waals surface area contributed by atoms with Crippen molar-refractivity contribution in [2.24, 2.45) is 4.99 Å². The lowest BCUT2D eigenvalue weighted by Crippen LogP contribution is -2.62. The highest BCUT2D eigenvalue weighted by atomic mass is 16.1. The number of nitrogens with one attached hydrogen (secondary N) is 1. The highest BCUT2D eigenvalue weighted by molar-refractivity contribution is 5.79. The molecule has 0 aliphatic carbocycles. The van der Waals surface area contributed by atoms with E-state index in [1.54, 1.807) is 6.92 Å². The van der Waals surface area contributed by atoms with Gasteiger partial charge in [-0.2, -0.15) is 0 Å². The van der Waals surface area contributed by atoms with Gasteiger partial charge in [0.15, 0.2) is 6.17 Å². The minimum atomic E-state index is 0.0448. The first-order chi connectivity index (χ1) is 16.1. The molecule has 1 aliphatic rings. The third kappa shape index (κ3) is 12.8. The molecule has 0 saturated carbocycles. The van der Waals surface area contributed by atoms with Gasteiger partial charge in [0.1, 0.15) is 6.54 Å². The summed E-state index contributed by atoms with van der Waals surface area (Å²) in [5, 5.41) is 3.09. The number of hydrogen-bond acceptors (Lipinski definition) is 2. The summed E-state index contributed by atoms with van der Waals surface area (Å²) in [6, 6.07) is 0. The third-order valence-corrected chi connectivity index (χ3v) is 7.47. The molecule has 1 heterocycles. The van der Waals surface area contributed by atoms with Gasteiger partial charge in [0.05, 0.1) is 19.5 Å². The van der Waals surface area contributed by atoms with Crippen LogP contribution in [0.4, 0.5) is 0 Å². The Hall–Kier alpha value is -1.16. The number of amides is 1. The van der Waals surface area contributed by atoms with E-state index in [0.717, 1.165) is 30.5 Å². The van der Waals surface area contributed by atoms with Gasteiger partial charge in [-0.3, -0.25) is 9.28 Å². The Morgan fingerprint density at radius 1 is 0.879 bits per heavy atom. The van der Waals surface area contributed by atoms with Crippen LogP contribution in [0.25, 0.3) is 0 Å². The fourth-order valence-corrected chi connectivity index (χ4v) is 5.26. The number of aliphatic imine (C=N–C) groups is 1. The molecular formula is C29H56N3O+. The molecule has 0 fully saturated rings. The lowest BCUT2D eigenvalue weighted by molar-refractivity contribution is -0.861. The van der Waals surface area contributed by atoms with Crippen molar-refractivity contribution in [3.05, 3.63) is 12.2 Å². The Morgan fingerprint density at radius 2 is 1.39 bits per heavy atom. The first-order valence-corrected chi connectivity index (χ1v) is 14.4. The summed E-state index contributed by atoms with van der Waals surface area (Å²) in [7, 11) is 0. The van der Waals surface area contributed by atoms with E-state index in [4.69, 9.17) is 4.99 Å². The molecule has 0 radical (unpaired) electrons. The Bertz CT molecular complexity index is 557. The molecule has 0 aromatic rings. The Labute approximate surface area is 206 Å². The lowest BCUT2D eigenvalue weighted by atomic mass is 10.0. The molecule has 2 unspecified atom stereocenters. The van der Waals surface area contributed by atoms with Crippen molar-refractivity contribution in [1.82, 2.24) is 5.32 Å². The minimum Gasteiger partial charge on any atom is -0.307 e. The second-order valence-electron chi connectivity index (χ2n) is 10.2. The summed E-state index contributed by atoms with van der Waals surface area (Å²) in [5.41, 5.74) is 0. The van der Waals surface area contributed by atoms with Crippen LogP contribution in [0.2, 0.25) is 0 Å². The van der Waals surface area contributed by atoms with Crippen LogP contribution in [0.1, 0.15) is 137 Å². The van der Waals surface area contributed by atoms with Gasteiger partial charge in [-0.15, -0.1) is 0 Å². The van der Waals surface area contributed by atoms with Crippen LogP contribution in [-0.4, -0.2) is 42.0 Å². The highest BCUT2D eigenvalue weighted by Gasteiger charge is 2.41. The van der Waals surface area contributed by atoms with Gasteiger partial charge in [0, 0.05) is 13.8 Å². The number of amidine groups is 1. The predicted octanol–water partition coefficient (Wildman–Crippen LogP) is 7.93. The van der Waals surface area contributed by atoms with Crippen LogP contribution in [-0.2, 0) is 4.79 Å². The van der Waals surface area contributed by atoms with Crippen molar-refractivity contribution in [2.75, 3.05) is 19.6 Å². The smallest absolute Gasteiger partial charge is 0.221 e. The molecule has 4 nitrogen and oxygen atoms in total. The van der Waals surface area contributed by atoms with Gasteiger partial charge < -0.3 is 5.32 Å². The normalized spacial score (nSPS) is 19.2. The van der Waals surface area contributed by atoms with E-state index in [1.807, 2.05) is 0 Å². The van der Waals surface area contributed by atoms with Crippen molar-refractivity contribution in [1.29, 1.82) is 0 Å². The van der Waals surface area contributed by atoms with E-state index in [-0.39, 0.29) is 12.1 Å². The first-order valence-electron chi connectivity index (χ1n) is 14.4. The van der Waals surface area contributed by atoms with E-state index in [9.17, 15) is 4.79 Å². The number of rotatable bonds is 21. The molecule has 0 aromatic heterocycles. The van der Waals surface area contributed by atoms with Gasteiger partial charge in [0.2, 0.25) is 11.7 Å². The predicted molar refractivity (Wildman–Crippen MR) is 145 cm³/mol. The average Bonchev–Trinajstić information content (AvgIpc) is 3.22. The van der Waals surface area contributed by atoms with Crippen LogP contribution in [0.15, 0.2) is 17.1 Å². The van der Waals surface area contributed by atoms with Crippen LogP contribution in [0.5, 0.6) is 0 Å². The number of carbonyl (C=O) groups excluding carboxylic acids is 1. The monoisotopic (exact) mass is 462 g/mol. The van der Waals surface area contributed by atoms with Crippen molar-refractivity contribution >= 4 is 11.7 Å². The standard InChI is InChI=1S/C29H55N3O/c1-5-7-8-9-10-11-12-13-14-15-16-17-18-19-20-21-22-23-24-29-30-25-26-32(29,6-2)27(3)31-28(4)33/h22-23,27H,5-21,24-26H2,1-4H3/p+1/b23-22+. The van der Waals surface area contributed by atoms with Gasteiger partial charge in [-0.1, -0.05) is 109 Å². The molecule has 1 amide bonds. The molecule has 0 aromatic carbocycles. The van der Waals surface area contributed by atoms with Crippen LogP contribution >= 0.6 is 0 Å². The average molecular weight is 463 g/mol. The Morgan fingerprint density at radius 3 is 1.88 bits per heavy atom. The van der Waals surface area contributed by atoms with Gasteiger partial charge >= 0.3 is 0 Å². The van der Waals surface area contributed by atoms with Crippen molar-refractivity contribution in [3.63, 3.8) is 0 Å². The zero-order chi connectivity index (χ0) is 24.2. The second-order valence-corrected chi connectivity index (χ2v) is 10.2. The van der Waals surface area contributed by atoms with Crippen molar-refractivity contribution < 1.29 is 9.28 Å². The maximum Gasteiger partial charge on any atom is 0.221 e. The van der Waals surface area contributed by atoms with E-state index in [0.29, 0.717) is 0 Å². The molecule has 1 N–H and O–H groups in total. The molecule has 192 valence electrons. The van der Waals surface area contributed by atoms with Crippen molar-refractivity contribution in [2.45, 2.75) is 143 Å². The topological polar surface area (TPSA) is 41.5 Å². The molecule has 1 aliphatic heterocycles. The molecule has 0 bridgehead atoms. The second kappa shape index (κ2) is 19.2. The minimum absolute atomic E-state index is 0.0448. The maximum atomic E-state index is 11.5. The van der Waals surface area contributed by atoms with Crippen LogP contribution < -0.4 is 5.32 Å². The Kier molecular flexibility index (Phi) is 17.4. The summed E-state index contributed by atoms with van der Waals surface area (Å²) >= 11 is 0. The lowest BCUT2D eigenvalue weighted by Gasteiger charge is -2.39. The molecule has 0 spiro atoms. The zero-order valence-electron chi connectivity index (χ0n) is 22.7. The summed E-state index contributed by atoms with van der Waals surface area (Å²) in [4.78, 5) is 16.3. The molecule has 2 atom stereocenters. The SMILES string of the molecule is CCCCCCCCCCCCCCCCC/C=C/CC1=NCC[N+]1(CC)C(C)NC(C)=O. The largest absolute Gasteiger partial charge is 0.307 e. The fraction of sp³-hybridized carbons (Fsp3) is 0.862. The number of nitrogens with zero attached hydrogens (tertiary/aromatic N) is 2. The third-order valence-electron chi connectivity index (χ3n) is 7.47. The van der Waals surface area contributed by atoms with Crippen LogP contribution in [0.3, 0.4) is 0 Å². The molecular weight excluding hydrogens is 406 g/mol. The van der Waals surface area contributed by atoms with E-state index in [1.165, 1.54) is 109 Å². The van der Waals surface area contributed by atoms with Crippen LogP contribution in [0, 0.1) is 0 Å². The number of carbonyl (C=O) groups is 1. The molecule has 1 rings (SSSR count). The molecule has 33 heavy (non-hydrogen) atoms. The van der Waals surface area contributed by atoms with E-state index >= 15 is 0 Å². The number of unbranched alkanes of at least 4 members (excludes halogenated alkanes) is 15. The van der Waals surface area contributed by atoms with Gasteiger partial charge in [-0.25, -0.2) is 4.99 Å². The highest BCUT2D eigenvalue weighted by Crippen LogP contribution is 2.22. The molecule has 4 heteroatoms. The Balaban J connectivity index is 2.00. The summed E-state index contributed by atoms with van der Waals surface area (Å²) in [5.74, 6) is 1.27. The van der Waals surface area contributed by atoms with E-state index in [2.05, 4.69) is 38.2 Å². The first kappa shape index (κ1) is 29.9. The van der Waals surface area contributed by atoms with Crippen molar-refractivity contribution in [3.8, 4) is 0 Å². The number of allylic oxidation sites excluding steroid dienone is 1. The fourth-order valence-electron chi connectivity index (χ4n) is 5.26. The quantitative estimate of drug-likeness (QED) is 0.105. The number of likely N-dealkylation sites (N-methyl/N-ethyl adjacent to an activating group) is 1. The summed E-state index contributed by atoms with van der Waals surface area (Å²) in [6.45, 7) is 11.1. The van der Waals surface area contributed by atoms with Gasteiger partial charge in [-0.05, 0) is 19.8 Å². The maximum absolute atomic E-state index is 11.5. The number of quaternary nitrogens is 1. The summed E-state index contributed by atoms with van der Waals surface area (Å²) in [6.07, 6.45) is 28.1. The number of hydrogen-bond donors (Lipinski definition) is 1.